The van der Waals surface area contributed by atoms with Gasteiger partial charge in [0.1, 0.15) is 84.2 Å². The minimum absolute atomic E-state index is 0.325. The van der Waals surface area contributed by atoms with Crippen LogP contribution in [-0.4, -0.2) is 38.4 Å². The molecule has 1 aliphatic carbocycles. The van der Waals surface area contributed by atoms with Crippen LogP contribution in [0.2, 0.25) is 0 Å². The predicted molar refractivity (Wildman–Crippen MR) is 119 cm³/mol. The van der Waals surface area contributed by atoms with Gasteiger partial charge in [-0.3, -0.25) is 0 Å². The van der Waals surface area contributed by atoms with Gasteiger partial charge in [0.2, 0.25) is 0 Å². The molecule has 0 aromatic heterocycles. The van der Waals surface area contributed by atoms with Crippen molar-refractivity contribution in [3.8, 4) is 17.2 Å². The summed E-state index contributed by atoms with van der Waals surface area (Å²) in [7, 11) is 0. The Morgan fingerprint density at radius 1 is 0.594 bits per heavy atom. The fourth-order valence-corrected chi connectivity index (χ4v) is 3.36. The SMILES string of the molecule is C1=NC2=CCCC=C2OCCOc2cc3c(cc2N=1)N=C=Nc1ccccc1OCCO3. The van der Waals surface area contributed by atoms with Gasteiger partial charge in [0, 0.05) is 6.07 Å². The molecule has 0 unspecified atom stereocenters. The number of benzene rings is 2. The van der Waals surface area contributed by atoms with Crippen molar-refractivity contribution in [1.29, 1.82) is 0 Å². The zero-order chi connectivity index (χ0) is 21.6. The summed E-state index contributed by atoms with van der Waals surface area (Å²) in [6.07, 6.45) is 5.87. The molecule has 160 valence electrons. The Balaban J connectivity index is 1.54. The Hall–Kier alpha value is -4.12. The maximum absolute atomic E-state index is 5.92. The molecule has 32 heavy (non-hydrogen) atoms. The number of aliphatic imine (C=N–C) groups is 4. The molecule has 2 aromatic carbocycles. The molecule has 0 fully saturated rings. The summed E-state index contributed by atoms with van der Waals surface area (Å²) in [6.45, 7) is 1.40. The average Bonchev–Trinajstić information content (AvgIpc) is 2.88. The zero-order valence-electron chi connectivity index (χ0n) is 17.3. The Bertz CT molecular complexity index is 1220. The van der Waals surface area contributed by atoms with Crippen LogP contribution in [0.15, 0.2) is 80.0 Å². The van der Waals surface area contributed by atoms with E-state index in [9.17, 15) is 0 Å². The van der Waals surface area contributed by atoms with E-state index in [1.807, 2.05) is 36.4 Å². The fraction of sp³-hybridized carbons (Fsp3) is 0.250. The molecule has 8 nitrogen and oxygen atoms in total. The summed E-state index contributed by atoms with van der Waals surface area (Å²) in [5.74, 6) is 2.42. The fourth-order valence-electron chi connectivity index (χ4n) is 3.36. The van der Waals surface area contributed by atoms with Crippen molar-refractivity contribution < 1.29 is 18.9 Å². The van der Waals surface area contributed by atoms with E-state index >= 15 is 0 Å². The Labute approximate surface area is 185 Å². The second kappa shape index (κ2) is 9.35. The van der Waals surface area contributed by atoms with Crippen molar-refractivity contribution in [3.05, 3.63) is 60.0 Å². The lowest BCUT2D eigenvalue weighted by Gasteiger charge is -2.15. The number of nitrogens with zero attached hydrogens (tertiary/aromatic N) is 4. The van der Waals surface area contributed by atoms with Gasteiger partial charge in [0.15, 0.2) is 0 Å². The largest absolute Gasteiger partial charge is 0.488 e. The highest BCUT2D eigenvalue weighted by atomic mass is 16.5. The molecule has 2 heterocycles. The van der Waals surface area contributed by atoms with Gasteiger partial charge >= 0.3 is 0 Å². The number of hydrogen-bond acceptors (Lipinski definition) is 8. The van der Waals surface area contributed by atoms with E-state index in [1.165, 1.54) is 0 Å². The normalized spacial score (nSPS) is 17.1. The maximum atomic E-state index is 5.92. The lowest BCUT2D eigenvalue weighted by Crippen LogP contribution is -2.10. The van der Waals surface area contributed by atoms with Gasteiger partial charge in [-0.15, -0.1) is 0 Å². The minimum atomic E-state index is 0.325. The van der Waals surface area contributed by atoms with Crippen LogP contribution in [0.4, 0.5) is 17.1 Å². The average molecular weight is 428 g/mol. The van der Waals surface area contributed by atoms with Crippen LogP contribution in [0.5, 0.6) is 17.2 Å². The Kier molecular flexibility index (Phi) is 5.79. The van der Waals surface area contributed by atoms with Gasteiger partial charge < -0.3 is 18.9 Å². The molecule has 0 saturated heterocycles. The van der Waals surface area contributed by atoms with Crippen LogP contribution in [-0.2, 0) is 4.74 Å². The summed E-state index contributed by atoms with van der Waals surface area (Å²) in [5.41, 5.74) is 2.42. The van der Waals surface area contributed by atoms with Crippen LogP contribution in [0.25, 0.3) is 0 Å². The van der Waals surface area contributed by atoms with E-state index in [2.05, 4.69) is 32.0 Å². The highest BCUT2D eigenvalue weighted by Gasteiger charge is 2.15. The molecular weight excluding hydrogens is 408 g/mol. The van der Waals surface area contributed by atoms with Crippen molar-refractivity contribution in [1.82, 2.24) is 0 Å². The highest BCUT2D eigenvalue weighted by molar-refractivity contribution is 5.73. The van der Waals surface area contributed by atoms with Gasteiger partial charge in [-0.25, -0.2) is 0 Å². The number of fused-ring (bicyclic) bond motifs is 4. The number of rotatable bonds is 0. The first-order valence-corrected chi connectivity index (χ1v) is 10.4. The smallest absolute Gasteiger partial charge is 0.149 e. The molecule has 0 amide bonds. The lowest BCUT2D eigenvalue weighted by atomic mass is 10.1. The first-order chi connectivity index (χ1) is 15.9. The summed E-state index contributed by atoms with van der Waals surface area (Å²) in [5, 5.41) is 0. The number of ether oxygens (including phenoxy) is 4. The molecular formula is C24H20N4O4. The molecule has 0 spiro atoms. The molecule has 2 aliphatic heterocycles. The second-order valence-electron chi connectivity index (χ2n) is 7.03. The monoisotopic (exact) mass is 428 g/mol. The summed E-state index contributed by atoms with van der Waals surface area (Å²) >= 11 is 0. The van der Waals surface area contributed by atoms with Crippen molar-refractivity contribution >= 4 is 29.1 Å². The molecule has 3 aliphatic rings. The lowest BCUT2D eigenvalue weighted by molar-refractivity contribution is 0.159. The topological polar surface area (TPSA) is 86.4 Å². The van der Waals surface area contributed by atoms with Gasteiger partial charge in [-0.1, -0.05) is 18.2 Å². The molecule has 2 aromatic rings. The maximum Gasteiger partial charge on any atom is 0.149 e. The molecule has 0 N–H and O–H groups in total. The van der Waals surface area contributed by atoms with E-state index in [1.54, 1.807) is 12.1 Å². The van der Waals surface area contributed by atoms with Crippen LogP contribution >= 0.6 is 0 Å². The van der Waals surface area contributed by atoms with Crippen molar-refractivity contribution in [3.63, 3.8) is 0 Å². The first kappa shape index (κ1) is 19.8. The summed E-state index contributed by atoms with van der Waals surface area (Å²) in [6, 6.07) is 16.4. The third-order valence-electron chi connectivity index (χ3n) is 4.87. The van der Waals surface area contributed by atoms with Gasteiger partial charge in [-0.2, -0.15) is 20.0 Å². The number of para-hydroxylation sites is 2. The standard InChI is InChI=1S/C24H20N4O4/c1-3-7-21-17(5-1)25-15-27-19-13-20-24(14-23(19)31-11-9-29-21)32-12-10-30-22-8-4-2-6-18(22)26-16-28-20/h1,3,5-8,13-14H,2,4,9-12H2. The molecule has 0 saturated carbocycles. The van der Waals surface area contributed by atoms with E-state index in [-0.39, 0.29) is 0 Å². The predicted octanol–water partition coefficient (Wildman–Crippen LogP) is 5.37. The quantitative estimate of drug-likeness (QED) is 0.564. The molecule has 0 bridgehead atoms. The third-order valence-corrected chi connectivity index (χ3v) is 4.87. The highest BCUT2D eigenvalue weighted by Crippen LogP contribution is 2.40. The van der Waals surface area contributed by atoms with E-state index in [4.69, 9.17) is 18.9 Å². The van der Waals surface area contributed by atoms with E-state index in [0.717, 1.165) is 24.3 Å². The van der Waals surface area contributed by atoms with Gasteiger partial charge in [-0.05, 0) is 37.1 Å². The van der Waals surface area contributed by atoms with Crippen molar-refractivity contribution in [2.75, 3.05) is 26.4 Å². The van der Waals surface area contributed by atoms with Crippen LogP contribution in [0, 0.1) is 0 Å². The van der Waals surface area contributed by atoms with Crippen LogP contribution in [0.1, 0.15) is 12.8 Å². The van der Waals surface area contributed by atoms with Crippen molar-refractivity contribution in [2.24, 2.45) is 20.0 Å². The molecule has 0 radical (unpaired) electrons. The van der Waals surface area contributed by atoms with Gasteiger partial charge in [0.05, 0.1) is 0 Å². The van der Waals surface area contributed by atoms with Crippen LogP contribution in [0.3, 0.4) is 0 Å². The number of hydrogen-bond donors (Lipinski definition) is 0. The second-order valence-corrected chi connectivity index (χ2v) is 7.03. The Morgan fingerprint density at radius 3 is 2.03 bits per heavy atom. The van der Waals surface area contributed by atoms with E-state index in [0.29, 0.717) is 60.7 Å². The minimum Gasteiger partial charge on any atom is -0.488 e. The summed E-state index contributed by atoms with van der Waals surface area (Å²) < 4.78 is 23.4. The Morgan fingerprint density at radius 2 is 1.22 bits per heavy atom. The van der Waals surface area contributed by atoms with Crippen LogP contribution < -0.4 is 14.2 Å². The molecule has 0 atom stereocenters. The zero-order valence-corrected chi connectivity index (χ0v) is 17.3. The van der Waals surface area contributed by atoms with E-state index < -0.39 is 0 Å². The molecule has 5 rings (SSSR count). The van der Waals surface area contributed by atoms with Crippen molar-refractivity contribution in [2.45, 2.75) is 12.8 Å². The molecule has 8 heteroatoms. The van der Waals surface area contributed by atoms with Gasteiger partial charge in [0.25, 0.3) is 0 Å². The summed E-state index contributed by atoms with van der Waals surface area (Å²) in [4.78, 5) is 17.4. The number of allylic oxidation sites excluding steroid dienone is 2. The first-order valence-electron chi connectivity index (χ1n) is 10.4. The third kappa shape index (κ3) is 4.47.